The van der Waals surface area contributed by atoms with E-state index in [0.29, 0.717) is 30.6 Å². The third kappa shape index (κ3) is 13.5. The Balaban J connectivity index is 1.90. The first-order valence-electron chi connectivity index (χ1n) is 19.9. The van der Waals surface area contributed by atoms with Gasteiger partial charge in [0.05, 0.1) is 14.2 Å². The molecule has 14 heteroatoms. The number of aromatic hydroxyl groups is 2. The zero-order chi connectivity index (χ0) is 44.0. The highest BCUT2D eigenvalue weighted by molar-refractivity contribution is 5.95. The van der Waals surface area contributed by atoms with E-state index in [2.05, 4.69) is 5.32 Å². The van der Waals surface area contributed by atoms with Crippen molar-refractivity contribution in [2.45, 2.75) is 90.1 Å². The molecule has 0 bridgehead atoms. The third-order valence-electron chi connectivity index (χ3n) is 10.8. The first kappa shape index (κ1) is 47.7. The Morgan fingerprint density at radius 3 is 1.63 bits per heavy atom. The smallest absolute Gasteiger partial charge is 0.328 e. The fourth-order valence-corrected chi connectivity index (χ4v) is 6.63. The molecular formula is C45H62N4O10. The van der Waals surface area contributed by atoms with Crippen LogP contribution in [-0.2, 0) is 52.7 Å². The van der Waals surface area contributed by atoms with Gasteiger partial charge in [-0.05, 0) is 98.8 Å². The Kier molecular flexibility index (Phi) is 18.2. The van der Waals surface area contributed by atoms with E-state index >= 15 is 0 Å². The average molecular weight is 819 g/mol. The highest BCUT2D eigenvalue weighted by Crippen LogP contribution is 2.22. The summed E-state index contributed by atoms with van der Waals surface area (Å²) in [5, 5.41) is 22.5. The largest absolute Gasteiger partial charge is 0.508 e. The van der Waals surface area contributed by atoms with Gasteiger partial charge < -0.3 is 39.5 Å². The summed E-state index contributed by atoms with van der Waals surface area (Å²) < 4.78 is 16.3. The number of phenolic OH excluding ortho intramolecular Hbond substituents is 2. The van der Waals surface area contributed by atoms with E-state index in [-0.39, 0.29) is 24.3 Å². The van der Waals surface area contributed by atoms with Crippen LogP contribution in [0.2, 0.25) is 0 Å². The predicted octanol–water partition coefficient (Wildman–Crippen LogP) is 4.38. The van der Waals surface area contributed by atoms with Gasteiger partial charge in [0.15, 0.2) is 6.10 Å². The molecular weight excluding hydrogens is 757 g/mol. The first-order valence-corrected chi connectivity index (χ1v) is 19.9. The summed E-state index contributed by atoms with van der Waals surface area (Å²) in [7, 11) is 9.27. The van der Waals surface area contributed by atoms with Gasteiger partial charge in [0.2, 0.25) is 11.8 Å². The number of likely N-dealkylation sites (N-methyl/N-ethyl adjacent to an activating group) is 3. The Hall–Kier alpha value is -5.63. The lowest BCUT2D eigenvalue weighted by molar-refractivity contribution is -0.164. The highest BCUT2D eigenvalue weighted by atomic mass is 16.6. The van der Waals surface area contributed by atoms with Gasteiger partial charge in [-0.2, -0.15) is 0 Å². The average Bonchev–Trinajstić information content (AvgIpc) is 3.22. The fraction of sp³-hybridized carbons (Fsp3) is 0.489. The maximum Gasteiger partial charge on any atom is 0.328 e. The summed E-state index contributed by atoms with van der Waals surface area (Å²) in [4.78, 5) is 74.3. The van der Waals surface area contributed by atoms with E-state index in [4.69, 9.17) is 14.2 Å². The molecule has 0 fully saturated rings. The molecule has 3 aromatic rings. The molecule has 0 radical (unpaired) electrons. The van der Waals surface area contributed by atoms with Gasteiger partial charge in [0, 0.05) is 26.4 Å². The summed E-state index contributed by atoms with van der Waals surface area (Å²) in [5.74, 6) is -3.06. The number of benzene rings is 3. The van der Waals surface area contributed by atoms with Crippen molar-refractivity contribution in [3.05, 3.63) is 89.5 Å². The standard InChI is InChI=1S/C45H62N4O10/c1-11-29(4)40(59-45(56)38(47(5)6)27-32-16-23-35(57-9)24-17-32)41(52)46-39(28(2)3)43(54)49(8)37(26-31-14-21-34(51)22-15-31)42(53)48(7)36(44(55)58-10)25-18-30-12-19-33(50)20-13-30/h12-17,19-24,28-29,36-40,50-51H,11,18,25-27H2,1-10H3,(H,46,52)/t29-,36-,37-,38-,39-,40-/m1/s1. The molecule has 0 aromatic heterocycles. The molecule has 0 heterocycles. The number of esters is 2. The molecule has 0 aliphatic carbocycles. The van der Waals surface area contributed by atoms with Crippen LogP contribution >= 0.6 is 0 Å². The zero-order valence-electron chi connectivity index (χ0n) is 36.0. The highest BCUT2D eigenvalue weighted by Gasteiger charge is 2.40. The van der Waals surface area contributed by atoms with Gasteiger partial charge in [0.25, 0.3) is 5.91 Å². The van der Waals surface area contributed by atoms with Crippen LogP contribution < -0.4 is 10.1 Å². The van der Waals surface area contributed by atoms with Crippen LogP contribution in [0.1, 0.15) is 57.2 Å². The Labute approximate surface area is 348 Å². The van der Waals surface area contributed by atoms with Crippen molar-refractivity contribution in [1.29, 1.82) is 0 Å². The number of methoxy groups -OCH3 is 2. The lowest BCUT2D eigenvalue weighted by Gasteiger charge is -2.36. The number of nitrogens with zero attached hydrogens (tertiary/aromatic N) is 3. The van der Waals surface area contributed by atoms with E-state index < -0.39 is 71.8 Å². The number of carbonyl (C=O) groups excluding carboxylic acids is 5. The summed E-state index contributed by atoms with van der Waals surface area (Å²) in [5.41, 5.74) is 2.33. The van der Waals surface area contributed by atoms with E-state index in [0.717, 1.165) is 11.1 Å². The second-order valence-electron chi connectivity index (χ2n) is 15.5. The Bertz CT molecular complexity index is 1830. The minimum Gasteiger partial charge on any atom is -0.508 e. The van der Waals surface area contributed by atoms with Gasteiger partial charge >= 0.3 is 11.9 Å². The molecule has 6 atom stereocenters. The molecule has 59 heavy (non-hydrogen) atoms. The fourth-order valence-electron chi connectivity index (χ4n) is 6.63. The van der Waals surface area contributed by atoms with Crippen molar-refractivity contribution in [1.82, 2.24) is 20.0 Å². The maximum atomic E-state index is 14.5. The zero-order valence-corrected chi connectivity index (χ0v) is 36.0. The molecule has 3 aromatic carbocycles. The summed E-state index contributed by atoms with van der Waals surface area (Å²) in [6.45, 7) is 7.20. The van der Waals surface area contributed by atoms with E-state index in [1.165, 1.54) is 55.3 Å². The van der Waals surface area contributed by atoms with Gasteiger partial charge in [-0.15, -0.1) is 0 Å². The Morgan fingerprint density at radius 1 is 0.661 bits per heavy atom. The number of hydrogen-bond donors (Lipinski definition) is 3. The molecule has 0 unspecified atom stereocenters. The molecule has 14 nitrogen and oxygen atoms in total. The molecule has 322 valence electrons. The molecule has 0 spiro atoms. The second-order valence-corrected chi connectivity index (χ2v) is 15.5. The lowest BCUT2D eigenvalue weighted by atomic mass is 9.96. The van der Waals surface area contributed by atoms with Crippen molar-refractivity contribution in [2.75, 3.05) is 42.4 Å². The lowest BCUT2D eigenvalue weighted by Crippen LogP contribution is -2.59. The predicted molar refractivity (Wildman–Crippen MR) is 224 cm³/mol. The van der Waals surface area contributed by atoms with Crippen LogP contribution in [0.4, 0.5) is 0 Å². The van der Waals surface area contributed by atoms with Gasteiger partial charge in [-0.3, -0.25) is 24.1 Å². The molecule has 3 amide bonds. The van der Waals surface area contributed by atoms with Gasteiger partial charge in [0.1, 0.15) is 41.4 Å². The van der Waals surface area contributed by atoms with Crippen LogP contribution in [0.15, 0.2) is 72.8 Å². The number of amides is 3. The van der Waals surface area contributed by atoms with Crippen LogP contribution in [0.25, 0.3) is 0 Å². The van der Waals surface area contributed by atoms with Crippen molar-refractivity contribution < 1.29 is 48.4 Å². The minimum atomic E-state index is -1.22. The molecule has 3 rings (SSSR count). The van der Waals surface area contributed by atoms with E-state index in [1.54, 1.807) is 83.3 Å². The third-order valence-corrected chi connectivity index (χ3v) is 10.8. The number of carbonyl (C=O) groups is 5. The summed E-state index contributed by atoms with van der Waals surface area (Å²) >= 11 is 0. The quantitative estimate of drug-likeness (QED) is 0.130. The number of phenols is 2. The molecule has 0 aliphatic rings. The number of nitrogens with one attached hydrogen (secondary N) is 1. The monoisotopic (exact) mass is 818 g/mol. The number of ether oxygens (including phenoxy) is 3. The van der Waals surface area contributed by atoms with E-state index in [9.17, 15) is 34.2 Å². The van der Waals surface area contributed by atoms with Crippen molar-refractivity contribution in [2.24, 2.45) is 11.8 Å². The van der Waals surface area contributed by atoms with Crippen LogP contribution in [0, 0.1) is 11.8 Å². The second kappa shape index (κ2) is 22.5. The number of aryl methyl sites for hydroxylation is 1. The van der Waals surface area contributed by atoms with Gasteiger partial charge in [-0.25, -0.2) is 4.79 Å². The van der Waals surface area contributed by atoms with Crippen LogP contribution in [0.5, 0.6) is 17.2 Å². The first-order chi connectivity index (χ1) is 27.9. The number of rotatable bonds is 21. The molecule has 0 saturated heterocycles. The summed E-state index contributed by atoms with van der Waals surface area (Å²) in [6, 6.07) is 16.1. The van der Waals surface area contributed by atoms with Crippen LogP contribution in [-0.4, -0.2) is 127 Å². The maximum absolute atomic E-state index is 14.5. The number of hydrogen-bond acceptors (Lipinski definition) is 11. The normalized spacial score (nSPS) is 14.3. The SMILES string of the molecule is CC[C@@H](C)[C@@H](OC(=O)[C@@H](Cc1ccc(OC)cc1)N(C)C)C(=O)N[C@@H](C(=O)N(C)[C@H](Cc1ccc(O)cc1)C(=O)N(C)[C@H](CCc1ccc(O)cc1)C(=O)OC)C(C)C. The van der Waals surface area contributed by atoms with Crippen molar-refractivity contribution in [3.8, 4) is 17.2 Å². The van der Waals surface area contributed by atoms with Crippen LogP contribution in [0.3, 0.4) is 0 Å². The topological polar surface area (TPSA) is 175 Å². The van der Waals surface area contributed by atoms with E-state index in [1.807, 2.05) is 19.1 Å². The molecule has 0 saturated carbocycles. The van der Waals surface area contributed by atoms with Crippen molar-refractivity contribution in [3.63, 3.8) is 0 Å². The molecule has 0 aliphatic heterocycles. The van der Waals surface area contributed by atoms with Crippen molar-refractivity contribution >= 4 is 29.7 Å². The Morgan fingerprint density at radius 2 is 1.15 bits per heavy atom. The van der Waals surface area contributed by atoms with Gasteiger partial charge in [-0.1, -0.05) is 64.1 Å². The molecule has 3 N–H and O–H groups in total. The summed E-state index contributed by atoms with van der Waals surface area (Å²) in [6.07, 6.45) is 0.193. The minimum absolute atomic E-state index is 0.0174.